The van der Waals surface area contributed by atoms with Crippen LogP contribution in [0.25, 0.3) is 77.6 Å². The second-order valence-corrected chi connectivity index (χ2v) is 14.0. The largest absolute Gasteiger partial charge is 0.456 e. The van der Waals surface area contributed by atoms with Crippen LogP contribution in [0.5, 0.6) is 0 Å². The van der Waals surface area contributed by atoms with Gasteiger partial charge in [0.15, 0.2) is 5.58 Å². The molecule has 0 amide bonds. The number of furan rings is 2. The third-order valence-corrected chi connectivity index (χ3v) is 10.7. The van der Waals surface area contributed by atoms with E-state index in [2.05, 4.69) is 110 Å². The fourth-order valence-corrected chi connectivity index (χ4v) is 8.18. The highest BCUT2D eigenvalue weighted by Gasteiger charge is 2.35. The number of aromatic nitrogens is 1. The minimum absolute atomic E-state index is 0.0778. The Morgan fingerprint density at radius 1 is 0.451 bits per heavy atom. The predicted molar refractivity (Wildman–Crippen MR) is 206 cm³/mol. The van der Waals surface area contributed by atoms with Crippen molar-refractivity contribution in [1.29, 1.82) is 0 Å². The fraction of sp³-hybridized carbons (Fsp3) is 0.0652. The second-order valence-electron chi connectivity index (χ2n) is 14.0. The van der Waals surface area contributed by atoms with Gasteiger partial charge in [-0.2, -0.15) is 0 Å². The van der Waals surface area contributed by atoms with E-state index >= 15 is 0 Å². The maximum absolute atomic E-state index is 6.57. The smallest absolute Gasteiger partial charge is 0.227 e. The Balaban J connectivity index is 1.09. The summed E-state index contributed by atoms with van der Waals surface area (Å²) in [7, 11) is 0. The quantitative estimate of drug-likeness (QED) is 0.188. The molecule has 242 valence electrons. The standard InChI is InChI=1S/C46H30N2O3/c1-46(2)37-14-8-6-12-31(37)35-22-28(18-21-38(35)46)48(29-16-19-33-32-13-7-9-15-40(32)49-41(33)23-29)30-17-20-34-36-25-44-39(26-43(36)50-42(34)24-30)47-45(51-44)27-10-4-3-5-11-27/h3-26H,1-2H3. The van der Waals surface area contributed by atoms with Crippen molar-refractivity contribution in [3.8, 4) is 22.6 Å². The van der Waals surface area contributed by atoms with Crippen LogP contribution < -0.4 is 4.90 Å². The number of benzene rings is 7. The number of para-hydroxylation sites is 1. The first-order valence-electron chi connectivity index (χ1n) is 17.3. The van der Waals surface area contributed by atoms with E-state index in [1.165, 1.54) is 22.3 Å². The molecular formula is C46H30N2O3. The normalized spacial score (nSPS) is 13.5. The molecule has 0 bridgehead atoms. The van der Waals surface area contributed by atoms with Gasteiger partial charge in [0.05, 0.1) is 0 Å². The summed E-state index contributed by atoms with van der Waals surface area (Å²) in [5, 5.41) is 4.22. The number of oxazole rings is 1. The third kappa shape index (κ3) is 4.12. The zero-order valence-corrected chi connectivity index (χ0v) is 28.0. The number of hydrogen-bond donors (Lipinski definition) is 0. The van der Waals surface area contributed by atoms with Crippen LogP contribution in [0, 0.1) is 0 Å². The molecule has 7 aromatic carbocycles. The number of fused-ring (bicyclic) bond motifs is 10. The van der Waals surface area contributed by atoms with Gasteiger partial charge in [-0.25, -0.2) is 4.98 Å². The Labute approximate surface area is 293 Å². The Morgan fingerprint density at radius 3 is 1.88 bits per heavy atom. The van der Waals surface area contributed by atoms with Crippen molar-refractivity contribution in [2.24, 2.45) is 0 Å². The Bertz CT molecular complexity index is 3020. The Hall–Kier alpha value is -6.59. The molecule has 51 heavy (non-hydrogen) atoms. The van der Waals surface area contributed by atoms with E-state index in [4.69, 9.17) is 18.2 Å². The van der Waals surface area contributed by atoms with Crippen LogP contribution in [0.4, 0.5) is 17.1 Å². The number of nitrogens with zero attached hydrogens (tertiary/aromatic N) is 2. The van der Waals surface area contributed by atoms with Crippen LogP contribution in [0.2, 0.25) is 0 Å². The Morgan fingerprint density at radius 2 is 1.06 bits per heavy atom. The first-order chi connectivity index (χ1) is 25.0. The molecule has 5 nitrogen and oxygen atoms in total. The minimum atomic E-state index is -0.0778. The van der Waals surface area contributed by atoms with Crippen molar-refractivity contribution in [1.82, 2.24) is 4.98 Å². The fourth-order valence-electron chi connectivity index (χ4n) is 8.18. The zero-order chi connectivity index (χ0) is 33.8. The maximum atomic E-state index is 6.57. The summed E-state index contributed by atoms with van der Waals surface area (Å²) in [4.78, 5) is 7.08. The van der Waals surface area contributed by atoms with Gasteiger partial charge in [0, 0.05) is 67.8 Å². The molecule has 3 heterocycles. The van der Waals surface area contributed by atoms with E-state index in [1.54, 1.807) is 0 Å². The summed E-state index contributed by atoms with van der Waals surface area (Å²) in [6.07, 6.45) is 0. The van der Waals surface area contributed by atoms with E-state index in [1.807, 2.05) is 54.6 Å². The molecular weight excluding hydrogens is 629 g/mol. The molecule has 0 aliphatic heterocycles. The molecule has 0 fully saturated rings. The third-order valence-electron chi connectivity index (χ3n) is 10.7. The first-order valence-corrected chi connectivity index (χ1v) is 17.3. The highest BCUT2D eigenvalue weighted by molar-refractivity contribution is 6.10. The van der Waals surface area contributed by atoms with Crippen molar-refractivity contribution in [3.63, 3.8) is 0 Å². The molecule has 0 unspecified atom stereocenters. The van der Waals surface area contributed by atoms with E-state index in [-0.39, 0.29) is 5.41 Å². The van der Waals surface area contributed by atoms with E-state index < -0.39 is 0 Å². The van der Waals surface area contributed by atoms with E-state index in [0.29, 0.717) is 5.89 Å². The summed E-state index contributed by atoms with van der Waals surface area (Å²) in [5.74, 6) is 0.599. The molecule has 0 N–H and O–H groups in total. The van der Waals surface area contributed by atoms with Gasteiger partial charge in [-0.05, 0) is 82.9 Å². The van der Waals surface area contributed by atoms with Gasteiger partial charge in [-0.1, -0.05) is 80.6 Å². The summed E-state index contributed by atoms with van der Waals surface area (Å²) in [5.41, 5.74) is 13.9. The van der Waals surface area contributed by atoms with Gasteiger partial charge in [0.1, 0.15) is 27.8 Å². The lowest BCUT2D eigenvalue weighted by atomic mass is 9.82. The molecule has 5 heteroatoms. The molecule has 11 rings (SSSR count). The topological polar surface area (TPSA) is 55.6 Å². The monoisotopic (exact) mass is 658 g/mol. The Kier molecular flexibility index (Phi) is 5.66. The highest BCUT2D eigenvalue weighted by atomic mass is 16.4. The van der Waals surface area contributed by atoms with Crippen molar-refractivity contribution >= 4 is 72.0 Å². The van der Waals surface area contributed by atoms with Gasteiger partial charge in [-0.15, -0.1) is 0 Å². The summed E-state index contributed by atoms with van der Waals surface area (Å²) in [6, 6.07) is 50.8. The summed E-state index contributed by atoms with van der Waals surface area (Å²) >= 11 is 0. The van der Waals surface area contributed by atoms with Crippen molar-refractivity contribution in [3.05, 3.63) is 157 Å². The van der Waals surface area contributed by atoms with Crippen LogP contribution in [-0.2, 0) is 5.41 Å². The van der Waals surface area contributed by atoms with Crippen molar-refractivity contribution in [2.45, 2.75) is 19.3 Å². The lowest BCUT2D eigenvalue weighted by molar-refractivity contribution is 0.620. The van der Waals surface area contributed by atoms with Gasteiger partial charge < -0.3 is 18.2 Å². The SMILES string of the molecule is CC1(C)c2ccccc2-c2cc(N(c3ccc4c(c3)oc3ccccc34)c3ccc4c(c3)oc3cc5nc(-c6ccccc6)oc5cc34)ccc21. The van der Waals surface area contributed by atoms with Crippen LogP contribution in [0.1, 0.15) is 25.0 Å². The minimum Gasteiger partial charge on any atom is -0.456 e. The van der Waals surface area contributed by atoms with Crippen molar-refractivity contribution < 1.29 is 13.3 Å². The average Bonchev–Trinajstić information content (AvgIpc) is 3.90. The molecule has 0 saturated heterocycles. The average molecular weight is 659 g/mol. The predicted octanol–water partition coefficient (Wildman–Crippen LogP) is 13.1. The molecule has 0 radical (unpaired) electrons. The van der Waals surface area contributed by atoms with Crippen LogP contribution in [0.3, 0.4) is 0 Å². The molecule has 0 saturated carbocycles. The summed E-state index contributed by atoms with van der Waals surface area (Å²) < 4.78 is 19.2. The van der Waals surface area contributed by atoms with Gasteiger partial charge in [-0.3, -0.25) is 0 Å². The van der Waals surface area contributed by atoms with Crippen LogP contribution >= 0.6 is 0 Å². The molecule has 3 aromatic heterocycles. The van der Waals surface area contributed by atoms with Crippen LogP contribution in [0.15, 0.2) is 159 Å². The van der Waals surface area contributed by atoms with Crippen molar-refractivity contribution in [2.75, 3.05) is 4.90 Å². The van der Waals surface area contributed by atoms with E-state index in [9.17, 15) is 0 Å². The van der Waals surface area contributed by atoms with Gasteiger partial charge in [0.25, 0.3) is 0 Å². The number of anilines is 3. The first kappa shape index (κ1) is 28.3. The molecule has 1 aliphatic carbocycles. The van der Waals surface area contributed by atoms with Gasteiger partial charge in [0.2, 0.25) is 5.89 Å². The lowest BCUT2D eigenvalue weighted by Crippen LogP contribution is -2.15. The van der Waals surface area contributed by atoms with E-state index in [0.717, 1.165) is 77.6 Å². The molecule has 1 aliphatic rings. The maximum Gasteiger partial charge on any atom is 0.227 e. The highest BCUT2D eigenvalue weighted by Crippen LogP contribution is 2.51. The van der Waals surface area contributed by atoms with Gasteiger partial charge >= 0.3 is 0 Å². The second kappa shape index (κ2) is 10.2. The number of rotatable bonds is 4. The molecule has 0 atom stereocenters. The molecule has 10 aromatic rings. The summed E-state index contributed by atoms with van der Waals surface area (Å²) in [6.45, 7) is 4.63. The molecule has 0 spiro atoms. The number of hydrogen-bond acceptors (Lipinski definition) is 5. The van der Waals surface area contributed by atoms with Crippen LogP contribution in [-0.4, -0.2) is 4.98 Å². The lowest BCUT2D eigenvalue weighted by Gasteiger charge is -2.27. The zero-order valence-electron chi connectivity index (χ0n) is 28.0.